The summed E-state index contributed by atoms with van der Waals surface area (Å²) in [4.78, 5) is 24.4. The van der Waals surface area contributed by atoms with Gasteiger partial charge in [-0.3, -0.25) is 9.89 Å². The van der Waals surface area contributed by atoms with Gasteiger partial charge in [0.15, 0.2) is 5.82 Å². The highest BCUT2D eigenvalue weighted by Gasteiger charge is 2.34. The van der Waals surface area contributed by atoms with Gasteiger partial charge >= 0.3 is 0 Å². The molecule has 25 heavy (non-hydrogen) atoms. The molecule has 1 amide bonds. The predicted octanol–water partition coefficient (Wildman–Crippen LogP) is 2.01. The number of rotatable bonds is 3. The fourth-order valence-corrected chi connectivity index (χ4v) is 3.42. The van der Waals surface area contributed by atoms with Crippen molar-refractivity contribution in [2.75, 3.05) is 13.1 Å². The molecule has 3 heterocycles. The minimum absolute atomic E-state index is 0.0271. The normalized spacial score (nSPS) is 21.1. The smallest absolute Gasteiger partial charge is 0.266 e. The number of amides is 1. The van der Waals surface area contributed by atoms with Crippen LogP contribution in [0.4, 0.5) is 0 Å². The highest BCUT2D eigenvalue weighted by atomic mass is 16.6. The lowest BCUT2D eigenvalue weighted by atomic mass is 9.95. The van der Waals surface area contributed by atoms with E-state index in [9.17, 15) is 4.79 Å². The fourth-order valence-electron chi connectivity index (χ4n) is 3.42. The van der Waals surface area contributed by atoms with Gasteiger partial charge < -0.3 is 9.74 Å². The van der Waals surface area contributed by atoms with Crippen LogP contribution < -0.4 is 0 Å². The van der Waals surface area contributed by atoms with Gasteiger partial charge in [-0.05, 0) is 25.3 Å². The summed E-state index contributed by atoms with van der Waals surface area (Å²) in [5.41, 5.74) is 1.85. The van der Waals surface area contributed by atoms with Crippen LogP contribution in [0.5, 0.6) is 0 Å². The Hall–Kier alpha value is -2.70. The van der Waals surface area contributed by atoms with Crippen LogP contribution in [0.1, 0.15) is 42.4 Å². The van der Waals surface area contributed by atoms with Crippen LogP contribution in [0, 0.1) is 6.92 Å². The summed E-state index contributed by atoms with van der Waals surface area (Å²) in [7, 11) is 0. The molecule has 2 aromatic rings. The molecule has 1 N–H and O–H groups in total. The molecule has 0 aliphatic carbocycles. The number of carbonyl (C=O) groups is 1. The summed E-state index contributed by atoms with van der Waals surface area (Å²) < 4.78 is 0. The second-order valence-corrected chi connectivity index (χ2v) is 6.58. The van der Waals surface area contributed by atoms with E-state index in [4.69, 9.17) is 4.84 Å². The van der Waals surface area contributed by atoms with E-state index in [0.717, 1.165) is 35.8 Å². The average molecular weight is 339 g/mol. The number of hydrogen-bond donors (Lipinski definition) is 1. The molecule has 1 aromatic heterocycles. The molecule has 0 spiro atoms. The molecule has 7 heteroatoms. The monoisotopic (exact) mass is 339 g/mol. The largest absolute Gasteiger partial charge is 0.382 e. The summed E-state index contributed by atoms with van der Waals surface area (Å²) in [5.74, 6) is 2.03. The number of aryl methyl sites for hydroxylation is 1. The summed E-state index contributed by atoms with van der Waals surface area (Å²) in [6.07, 6.45) is 1.78. The molecule has 1 atom stereocenters. The summed E-state index contributed by atoms with van der Waals surface area (Å²) in [5, 5.41) is 11.2. The van der Waals surface area contributed by atoms with Crippen LogP contribution in [-0.4, -0.2) is 50.9 Å². The maximum absolute atomic E-state index is 12.7. The molecule has 2 aliphatic heterocycles. The van der Waals surface area contributed by atoms with Crippen LogP contribution in [0.3, 0.4) is 0 Å². The highest BCUT2D eigenvalue weighted by molar-refractivity contribution is 6.04. The molecular weight excluding hydrogens is 318 g/mol. The van der Waals surface area contributed by atoms with Crippen LogP contribution >= 0.6 is 0 Å². The van der Waals surface area contributed by atoms with Gasteiger partial charge in [-0.25, -0.2) is 4.98 Å². The van der Waals surface area contributed by atoms with Gasteiger partial charge in [0.05, 0.1) is 5.71 Å². The Morgan fingerprint density at radius 3 is 2.68 bits per heavy atom. The number of aromatic amines is 1. The first-order chi connectivity index (χ1) is 12.2. The van der Waals surface area contributed by atoms with Crippen molar-refractivity contribution in [2.45, 2.75) is 38.2 Å². The summed E-state index contributed by atoms with van der Waals surface area (Å²) >= 11 is 0. The topological polar surface area (TPSA) is 83.5 Å². The third kappa shape index (κ3) is 3.26. The number of aromatic nitrogens is 3. The Bertz CT molecular complexity index is 778. The van der Waals surface area contributed by atoms with Gasteiger partial charge in [-0.2, -0.15) is 5.10 Å². The van der Waals surface area contributed by atoms with Gasteiger partial charge in [0.25, 0.3) is 5.91 Å². The summed E-state index contributed by atoms with van der Waals surface area (Å²) in [6, 6.07) is 9.85. The standard InChI is InChI=1S/C18H21N5O2/c1-12-19-17(21-20-12)14-7-9-23(10-8-14)18(24)16-11-15(22-25-16)13-5-3-2-4-6-13/h2-6,14,16H,7-11H2,1H3,(H,19,20,21). The molecule has 1 saturated heterocycles. The molecular formula is C18H21N5O2. The van der Waals surface area contributed by atoms with E-state index in [0.29, 0.717) is 25.4 Å². The van der Waals surface area contributed by atoms with Crippen molar-refractivity contribution in [1.29, 1.82) is 0 Å². The van der Waals surface area contributed by atoms with Crippen LogP contribution in [0.25, 0.3) is 0 Å². The van der Waals surface area contributed by atoms with Gasteiger partial charge in [-0.15, -0.1) is 0 Å². The lowest BCUT2D eigenvalue weighted by Crippen LogP contribution is -2.43. The van der Waals surface area contributed by atoms with Gasteiger partial charge in [0.1, 0.15) is 5.82 Å². The Morgan fingerprint density at radius 1 is 1.24 bits per heavy atom. The van der Waals surface area contributed by atoms with Crippen LogP contribution in [0.15, 0.2) is 35.5 Å². The Kier molecular flexibility index (Phi) is 4.21. The van der Waals surface area contributed by atoms with E-state index in [-0.39, 0.29) is 5.91 Å². The molecule has 2 aliphatic rings. The van der Waals surface area contributed by atoms with E-state index < -0.39 is 6.10 Å². The minimum Gasteiger partial charge on any atom is -0.382 e. The van der Waals surface area contributed by atoms with E-state index in [1.165, 1.54) is 0 Å². The average Bonchev–Trinajstić information content (AvgIpc) is 3.31. The number of piperidine rings is 1. The van der Waals surface area contributed by atoms with Gasteiger partial charge in [0, 0.05) is 25.4 Å². The second-order valence-electron chi connectivity index (χ2n) is 6.58. The number of nitrogens with zero attached hydrogens (tertiary/aromatic N) is 4. The van der Waals surface area contributed by atoms with Crippen molar-refractivity contribution < 1.29 is 9.63 Å². The van der Waals surface area contributed by atoms with Crippen molar-refractivity contribution in [3.8, 4) is 0 Å². The van der Waals surface area contributed by atoms with E-state index >= 15 is 0 Å². The molecule has 1 unspecified atom stereocenters. The molecule has 1 fully saturated rings. The zero-order valence-electron chi connectivity index (χ0n) is 14.2. The molecule has 0 bridgehead atoms. The van der Waals surface area contributed by atoms with Crippen LogP contribution in [-0.2, 0) is 9.63 Å². The molecule has 7 nitrogen and oxygen atoms in total. The predicted molar refractivity (Wildman–Crippen MR) is 92.1 cm³/mol. The molecule has 0 saturated carbocycles. The van der Waals surface area contributed by atoms with Crippen molar-refractivity contribution in [3.63, 3.8) is 0 Å². The first-order valence-corrected chi connectivity index (χ1v) is 8.66. The number of nitrogens with one attached hydrogen (secondary N) is 1. The van der Waals surface area contributed by atoms with Crippen molar-refractivity contribution >= 4 is 11.6 Å². The zero-order valence-corrected chi connectivity index (χ0v) is 14.2. The maximum atomic E-state index is 12.7. The molecule has 0 radical (unpaired) electrons. The van der Waals surface area contributed by atoms with Crippen LogP contribution in [0.2, 0.25) is 0 Å². The number of likely N-dealkylation sites (tertiary alicyclic amines) is 1. The van der Waals surface area contributed by atoms with Crippen molar-refractivity contribution in [1.82, 2.24) is 20.1 Å². The van der Waals surface area contributed by atoms with Gasteiger partial charge in [0.2, 0.25) is 6.10 Å². The zero-order chi connectivity index (χ0) is 17.2. The second kappa shape index (κ2) is 6.66. The minimum atomic E-state index is -0.502. The fraction of sp³-hybridized carbons (Fsp3) is 0.444. The SMILES string of the molecule is Cc1nc(C2CCN(C(=O)C3CC(c4ccccc4)=NO3)CC2)n[nH]1. The number of oxime groups is 1. The molecule has 130 valence electrons. The lowest BCUT2D eigenvalue weighted by molar-refractivity contribution is -0.143. The third-order valence-corrected chi connectivity index (χ3v) is 4.84. The number of carbonyl (C=O) groups excluding carboxylic acids is 1. The Morgan fingerprint density at radius 2 is 2.00 bits per heavy atom. The first kappa shape index (κ1) is 15.8. The third-order valence-electron chi connectivity index (χ3n) is 4.84. The molecule has 4 rings (SSSR count). The van der Waals surface area contributed by atoms with Crippen molar-refractivity contribution in [3.05, 3.63) is 47.5 Å². The Balaban J connectivity index is 1.33. The van der Waals surface area contributed by atoms with E-state index in [2.05, 4.69) is 20.3 Å². The highest BCUT2D eigenvalue weighted by Crippen LogP contribution is 2.27. The lowest BCUT2D eigenvalue weighted by Gasteiger charge is -2.31. The Labute approximate surface area is 146 Å². The first-order valence-electron chi connectivity index (χ1n) is 8.66. The van der Waals surface area contributed by atoms with Gasteiger partial charge in [-0.1, -0.05) is 35.5 Å². The number of H-pyrrole nitrogens is 1. The maximum Gasteiger partial charge on any atom is 0.266 e. The quantitative estimate of drug-likeness (QED) is 0.927. The molecule has 1 aromatic carbocycles. The number of hydrogen-bond acceptors (Lipinski definition) is 5. The van der Waals surface area contributed by atoms with E-state index in [1.807, 2.05) is 42.2 Å². The summed E-state index contributed by atoms with van der Waals surface area (Å²) in [6.45, 7) is 3.31. The van der Waals surface area contributed by atoms with E-state index in [1.54, 1.807) is 0 Å². The number of benzene rings is 1. The van der Waals surface area contributed by atoms with Crippen molar-refractivity contribution in [2.24, 2.45) is 5.16 Å².